The van der Waals surface area contributed by atoms with E-state index in [-0.39, 0.29) is 36.5 Å². The first-order chi connectivity index (χ1) is 19.1. The fraction of sp³-hybridized carbons (Fsp3) is 0.500. The molecule has 2 amide bonds. The summed E-state index contributed by atoms with van der Waals surface area (Å²) in [5.74, 6) is 0.645. The van der Waals surface area contributed by atoms with E-state index in [0.717, 1.165) is 24.1 Å². The molecule has 0 N–H and O–H groups in total. The van der Waals surface area contributed by atoms with E-state index in [9.17, 15) is 22.8 Å². The molecule has 3 aromatic rings. The van der Waals surface area contributed by atoms with Gasteiger partial charge in [-0.2, -0.15) is 13.2 Å². The number of aryl methyl sites for hydroxylation is 1. The van der Waals surface area contributed by atoms with Crippen LogP contribution in [-0.2, 0) is 32.8 Å². The molecular weight excluding hydrogens is 547 g/mol. The van der Waals surface area contributed by atoms with Gasteiger partial charge in [-0.25, -0.2) is 9.97 Å². The number of halogens is 4. The molecular formula is C28H29ClF3N5O3. The van der Waals surface area contributed by atoms with E-state index in [2.05, 4.69) is 9.97 Å². The lowest BCUT2D eigenvalue weighted by molar-refractivity contribution is -0.145. The number of nitrogens with zero attached hydrogens (tertiary/aromatic N) is 5. The molecule has 212 valence electrons. The minimum atomic E-state index is -4.27. The van der Waals surface area contributed by atoms with Crippen LogP contribution < -0.4 is 4.90 Å². The smallest absolute Gasteiger partial charge is 0.381 e. The van der Waals surface area contributed by atoms with Crippen molar-refractivity contribution in [3.63, 3.8) is 0 Å². The van der Waals surface area contributed by atoms with Crippen LogP contribution >= 0.6 is 11.6 Å². The molecule has 0 unspecified atom stereocenters. The number of ether oxygens (including phenoxy) is 1. The van der Waals surface area contributed by atoms with Crippen LogP contribution in [0.5, 0.6) is 0 Å². The van der Waals surface area contributed by atoms with Crippen molar-refractivity contribution < 1.29 is 27.5 Å². The molecule has 40 heavy (non-hydrogen) atoms. The molecule has 0 saturated carbocycles. The summed E-state index contributed by atoms with van der Waals surface area (Å²) in [7, 11) is 0. The van der Waals surface area contributed by atoms with E-state index < -0.39 is 18.0 Å². The standard InChI is InChI=1S/C28H29ClF3N5O3/c29-22-7-6-21-25(33-22)34-23(36(21)11-3-10-28(30,31)32)15-37-20-5-2-1-4-19(20)27(26(37)39)16-35(17-27)24(38)14-18-8-12-40-13-9-18/h1-2,4-7,18H,3,8-17H2. The topological polar surface area (TPSA) is 80.6 Å². The van der Waals surface area contributed by atoms with Crippen molar-refractivity contribution in [1.82, 2.24) is 19.4 Å². The van der Waals surface area contributed by atoms with Crippen LogP contribution in [-0.4, -0.2) is 63.7 Å². The van der Waals surface area contributed by atoms with Crippen molar-refractivity contribution >= 4 is 40.3 Å². The van der Waals surface area contributed by atoms with Gasteiger partial charge in [0.25, 0.3) is 0 Å². The number of rotatable bonds is 7. The highest BCUT2D eigenvalue weighted by molar-refractivity contribution is 6.29. The second-order valence-corrected chi connectivity index (χ2v) is 11.3. The lowest BCUT2D eigenvalue weighted by Crippen LogP contribution is -2.65. The molecule has 2 fully saturated rings. The Balaban J connectivity index is 1.25. The van der Waals surface area contributed by atoms with Crippen molar-refractivity contribution in [3.05, 3.63) is 52.9 Å². The van der Waals surface area contributed by atoms with Crippen LogP contribution in [0.1, 0.15) is 43.5 Å². The van der Waals surface area contributed by atoms with E-state index in [0.29, 0.717) is 55.6 Å². The number of carbonyl (C=O) groups excluding carboxylic acids is 2. The average molecular weight is 576 g/mol. The van der Waals surface area contributed by atoms with Crippen LogP contribution in [0.3, 0.4) is 0 Å². The number of hydrogen-bond acceptors (Lipinski definition) is 5. The van der Waals surface area contributed by atoms with Crippen LogP contribution in [0.4, 0.5) is 18.9 Å². The summed E-state index contributed by atoms with van der Waals surface area (Å²) in [6.07, 6.45) is -3.15. The monoisotopic (exact) mass is 575 g/mol. The summed E-state index contributed by atoms with van der Waals surface area (Å²) in [6.45, 7) is 2.09. The second-order valence-electron chi connectivity index (χ2n) is 10.9. The molecule has 2 aromatic heterocycles. The van der Waals surface area contributed by atoms with Crippen molar-refractivity contribution in [1.29, 1.82) is 0 Å². The summed E-state index contributed by atoms with van der Waals surface area (Å²) in [5, 5.41) is 0.223. The normalized spacial score (nSPS) is 18.9. The summed E-state index contributed by atoms with van der Waals surface area (Å²) < 4.78 is 45.8. The number of amides is 2. The first-order valence-electron chi connectivity index (χ1n) is 13.5. The first kappa shape index (κ1) is 27.0. The van der Waals surface area contributed by atoms with Crippen LogP contribution in [0.15, 0.2) is 36.4 Å². The fourth-order valence-electron chi connectivity index (χ4n) is 6.15. The van der Waals surface area contributed by atoms with Crippen molar-refractivity contribution in [2.45, 2.75) is 56.8 Å². The van der Waals surface area contributed by atoms with Gasteiger partial charge in [-0.15, -0.1) is 0 Å². The van der Waals surface area contributed by atoms with Crippen LogP contribution in [0, 0.1) is 5.92 Å². The number of fused-ring (bicyclic) bond motifs is 3. The zero-order valence-electron chi connectivity index (χ0n) is 21.8. The highest BCUT2D eigenvalue weighted by Crippen LogP contribution is 2.48. The number of pyridine rings is 1. The Labute approximate surface area is 234 Å². The maximum absolute atomic E-state index is 14.0. The molecule has 0 radical (unpaired) electrons. The summed E-state index contributed by atoms with van der Waals surface area (Å²) in [5.41, 5.74) is 1.62. The number of hydrogen-bond donors (Lipinski definition) is 0. The molecule has 5 heterocycles. The maximum Gasteiger partial charge on any atom is 0.389 e. The Kier molecular flexibility index (Phi) is 6.98. The number of imidazole rings is 1. The van der Waals surface area contributed by atoms with Crippen molar-refractivity contribution in [3.8, 4) is 0 Å². The zero-order chi connectivity index (χ0) is 28.1. The Bertz CT molecular complexity index is 1450. The highest BCUT2D eigenvalue weighted by atomic mass is 35.5. The molecule has 3 aliphatic rings. The largest absolute Gasteiger partial charge is 0.389 e. The van der Waals surface area contributed by atoms with Gasteiger partial charge in [-0.1, -0.05) is 29.8 Å². The van der Waals surface area contributed by atoms with Crippen LogP contribution in [0.2, 0.25) is 5.15 Å². The van der Waals surface area contributed by atoms with Crippen LogP contribution in [0.25, 0.3) is 11.2 Å². The first-order valence-corrected chi connectivity index (χ1v) is 13.9. The molecule has 3 aliphatic heterocycles. The van der Waals surface area contributed by atoms with E-state index in [1.165, 1.54) is 0 Å². The van der Waals surface area contributed by atoms with Gasteiger partial charge >= 0.3 is 6.18 Å². The second kappa shape index (κ2) is 10.3. The van der Waals surface area contributed by atoms with Gasteiger partial charge in [-0.3, -0.25) is 9.59 Å². The number of benzene rings is 1. The van der Waals surface area contributed by atoms with Gasteiger partial charge < -0.3 is 19.1 Å². The van der Waals surface area contributed by atoms with Crippen molar-refractivity contribution in [2.75, 3.05) is 31.2 Å². The Hall–Kier alpha value is -3.18. The third-order valence-corrected chi connectivity index (χ3v) is 8.45. The van der Waals surface area contributed by atoms with Gasteiger partial charge in [0, 0.05) is 51.4 Å². The van der Waals surface area contributed by atoms with Gasteiger partial charge in [0.2, 0.25) is 11.8 Å². The molecule has 8 nitrogen and oxygen atoms in total. The average Bonchev–Trinajstić information content (AvgIpc) is 3.35. The molecule has 2 saturated heterocycles. The van der Waals surface area contributed by atoms with Crippen molar-refractivity contribution in [2.24, 2.45) is 5.92 Å². The maximum atomic E-state index is 14.0. The molecule has 6 rings (SSSR count). The van der Waals surface area contributed by atoms with E-state index in [1.807, 2.05) is 24.3 Å². The summed E-state index contributed by atoms with van der Waals surface area (Å²) in [6, 6.07) is 10.8. The summed E-state index contributed by atoms with van der Waals surface area (Å²) >= 11 is 6.06. The molecule has 1 spiro atoms. The number of para-hydroxylation sites is 1. The Morgan fingerprint density at radius 3 is 2.60 bits per heavy atom. The molecule has 0 aliphatic carbocycles. The van der Waals surface area contributed by atoms with E-state index in [4.69, 9.17) is 16.3 Å². The molecule has 1 aromatic carbocycles. The third kappa shape index (κ3) is 4.94. The predicted octanol–water partition coefficient (Wildman–Crippen LogP) is 4.87. The number of likely N-dealkylation sites (tertiary alicyclic amines) is 1. The molecule has 12 heteroatoms. The Morgan fingerprint density at radius 2 is 1.85 bits per heavy atom. The Morgan fingerprint density at radius 1 is 1.10 bits per heavy atom. The number of anilines is 1. The van der Waals surface area contributed by atoms with E-state index >= 15 is 0 Å². The number of carbonyl (C=O) groups is 2. The lowest BCUT2D eigenvalue weighted by atomic mass is 9.74. The fourth-order valence-corrected chi connectivity index (χ4v) is 6.29. The minimum absolute atomic E-state index is 0.0515. The predicted molar refractivity (Wildman–Crippen MR) is 142 cm³/mol. The zero-order valence-corrected chi connectivity index (χ0v) is 22.5. The number of aromatic nitrogens is 3. The SMILES string of the molecule is O=C(CC1CCOCC1)N1CC2(C1)C(=O)N(Cc1nc3nc(Cl)ccc3n1CCCC(F)(F)F)c1ccccc12. The molecule has 0 atom stereocenters. The van der Waals surface area contributed by atoms with E-state index in [1.54, 1.807) is 26.5 Å². The number of alkyl halides is 3. The third-order valence-electron chi connectivity index (χ3n) is 8.24. The van der Waals surface area contributed by atoms with Gasteiger partial charge in [-0.05, 0) is 48.9 Å². The lowest BCUT2D eigenvalue weighted by Gasteiger charge is -2.47. The highest BCUT2D eigenvalue weighted by Gasteiger charge is 2.59. The minimum Gasteiger partial charge on any atom is -0.381 e. The summed E-state index contributed by atoms with van der Waals surface area (Å²) in [4.78, 5) is 39.2. The van der Waals surface area contributed by atoms with Gasteiger partial charge in [0.1, 0.15) is 16.4 Å². The van der Waals surface area contributed by atoms with Gasteiger partial charge in [0.15, 0.2) is 5.65 Å². The molecule has 0 bridgehead atoms. The quantitative estimate of drug-likeness (QED) is 0.376. The van der Waals surface area contributed by atoms with Gasteiger partial charge in [0.05, 0.1) is 12.1 Å².